The molecule has 0 aliphatic carbocycles. The number of aromatic nitrogens is 8. The maximum absolute atomic E-state index is 5.67. The van der Waals surface area contributed by atoms with Crippen LogP contribution in [0.5, 0.6) is 0 Å². The molecule has 0 spiro atoms. The highest BCUT2D eigenvalue weighted by molar-refractivity contribution is 7.12. The number of aryl methyl sites for hydroxylation is 6. The molecule has 6 heterocycles. The van der Waals surface area contributed by atoms with E-state index in [9.17, 15) is 0 Å². The van der Waals surface area contributed by atoms with E-state index < -0.39 is 0 Å². The molecule has 0 aliphatic heterocycles. The Morgan fingerprint density at radius 3 is 1.49 bits per heavy atom. The minimum Gasteiger partial charge on any atom is -0.446 e. The normalized spacial score (nSPS) is 11.5. The molecule has 0 aromatic carbocycles. The second kappa shape index (κ2) is 39.5. The van der Waals surface area contributed by atoms with E-state index in [4.69, 9.17) is 8.83 Å². The van der Waals surface area contributed by atoms with Crippen LogP contribution in [0.2, 0.25) is 0 Å². The van der Waals surface area contributed by atoms with Gasteiger partial charge in [0.05, 0.1) is 33.8 Å². The van der Waals surface area contributed by atoms with Crippen LogP contribution in [0.1, 0.15) is 295 Å². The topological polar surface area (TPSA) is 113 Å². The van der Waals surface area contributed by atoms with Gasteiger partial charge in [-0.2, -0.15) is 10.2 Å². The van der Waals surface area contributed by atoms with E-state index in [0.717, 1.165) is 97.5 Å². The molecule has 0 fully saturated rings. The Morgan fingerprint density at radius 1 is 0.449 bits per heavy atom. The SMILES string of the molecule is CC(C)CCc1ccn(CCC(C)C)n1.CC(C)CCc1cnc(CCC(C)C)o1.CC(C)CCc1cnc(CCC(C)C)s1.CC(C)c1ccn(C(C)C)n1.CC(C)c1cnc(C(C)C)o1.CC(C)c1cnc(C(C)C)s1. The minimum absolute atomic E-state index is 0.391. The second-order valence-electron chi connectivity index (χ2n) is 25.6. The largest absolute Gasteiger partial charge is 0.446 e. The Bertz CT molecular complexity index is 1940. The molecule has 78 heavy (non-hydrogen) atoms. The predicted molar refractivity (Wildman–Crippen MR) is 338 cm³/mol. The highest BCUT2D eigenvalue weighted by Crippen LogP contribution is 2.26. The van der Waals surface area contributed by atoms with E-state index in [-0.39, 0.29) is 0 Å². The van der Waals surface area contributed by atoms with Crippen LogP contribution in [0.15, 0.2) is 58.1 Å². The van der Waals surface area contributed by atoms with Crippen molar-refractivity contribution in [1.29, 1.82) is 0 Å². The molecule has 0 N–H and O–H groups in total. The van der Waals surface area contributed by atoms with Gasteiger partial charge in [0, 0.05) is 77.7 Å². The first-order valence-electron chi connectivity index (χ1n) is 30.4. The third-order valence-corrected chi connectivity index (χ3v) is 15.3. The minimum atomic E-state index is 0.391. The Labute approximate surface area is 486 Å². The molecule has 0 saturated carbocycles. The predicted octanol–water partition coefficient (Wildman–Crippen LogP) is 20.6. The molecular formula is C66H116N8O2S2. The molecule has 10 nitrogen and oxygen atoms in total. The fourth-order valence-electron chi connectivity index (χ4n) is 6.95. The summed E-state index contributed by atoms with van der Waals surface area (Å²) in [6.45, 7) is 53.8. The molecule has 6 rings (SSSR count). The summed E-state index contributed by atoms with van der Waals surface area (Å²) < 4.78 is 15.2. The lowest BCUT2D eigenvalue weighted by atomic mass is 10.1. The monoisotopic (exact) mass is 1120 g/mol. The van der Waals surface area contributed by atoms with Gasteiger partial charge >= 0.3 is 0 Å². The summed E-state index contributed by atoms with van der Waals surface area (Å²) >= 11 is 3.74. The molecule has 12 heteroatoms. The van der Waals surface area contributed by atoms with Crippen LogP contribution in [0.4, 0.5) is 0 Å². The Kier molecular flexibility index (Phi) is 36.5. The van der Waals surface area contributed by atoms with Gasteiger partial charge in [0.25, 0.3) is 0 Å². The molecule has 0 saturated heterocycles. The fraction of sp³-hybridized carbons (Fsp3) is 0.727. The Hall–Kier alpha value is -3.90. The lowest BCUT2D eigenvalue weighted by Crippen LogP contribution is -2.03. The zero-order chi connectivity index (χ0) is 59.1. The van der Waals surface area contributed by atoms with E-state index in [1.165, 1.54) is 69.7 Å². The number of hydrogen-bond acceptors (Lipinski definition) is 10. The van der Waals surface area contributed by atoms with Crippen molar-refractivity contribution >= 4 is 22.7 Å². The molecule has 444 valence electrons. The summed E-state index contributed by atoms with van der Waals surface area (Å²) in [5.74, 6) is 10.9. The molecule has 6 aromatic heterocycles. The van der Waals surface area contributed by atoms with Crippen LogP contribution < -0.4 is 0 Å². The fourth-order valence-corrected chi connectivity index (χ4v) is 8.83. The van der Waals surface area contributed by atoms with Crippen molar-refractivity contribution in [2.24, 2.45) is 35.5 Å². The van der Waals surface area contributed by atoms with Crippen molar-refractivity contribution in [3.05, 3.63) is 104 Å². The van der Waals surface area contributed by atoms with Gasteiger partial charge in [0.15, 0.2) is 11.8 Å². The van der Waals surface area contributed by atoms with Gasteiger partial charge in [-0.05, 0) is 131 Å². The maximum atomic E-state index is 5.67. The van der Waals surface area contributed by atoms with Crippen LogP contribution >= 0.6 is 22.7 Å². The van der Waals surface area contributed by atoms with Gasteiger partial charge in [-0.25, -0.2) is 19.9 Å². The highest BCUT2D eigenvalue weighted by Gasteiger charge is 2.11. The number of oxazole rings is 2. The van der Waals surface area contributed by atoms with Crippen molar-refractivity contribution in [2.45, 2.75) is 279 Å². The zero-order valence-corrected chi connectivity index (χ0v) is 55.9. The molecule has 0 amide bonds. The van der Waals surface area contributed by atoms with Gasteiger partial charge in [-0.1, -0.05) is 152 Å². The van der Waals surface area contributed by atoms with Gasteiger partial charge < -0.3 is 8.83 Å². The lowest BCUT2D eigenvalue weighted by molar-refractivity contribution is 0.420. The zero-order valence-electron chi connectivity index (χ0n) is 54.2. The molecule has 0 unspecified atom stereocenters. The van der Waals surface area contributed by atoms with Crippen LogP contribution in [-0.4, -0.2) is 39.5 Å². The summed E-state index contributed by atoms with van der Waals surface area (Å²) in [6.07, 6.45) is 24.7. The van der Waals surface area contributed by atoms with Crippen molar-refractivity contribution in [3.8, 4) is 0 Å². The average Bonchev–Trinajstić information content (AvgIpc) is 4.22. The summed E-state index contributed by atoms with van der Waals surface area (Å²) in [5.41, 5.74) is 2.42. The summed E-state index contributed by atoms with van der Waals surface area (Å²) in [4.78, 5) is 20.2. The molecule has 0 atom stereocenters. The van der Waals surface area contributed by atoms with Crippen LogP contribution in [0.3, 0.4) is 0 Å². The first kappa shape index (κ1) is 72.1. The molecule has 0 aliphatic rings. The molecule has 6 aromatic rings. The Balaban J connectivity index is 0.000000471. The lowest BCUT2D eigenvalue weighted by Gasteiger charge is -2.04. The third-order valence-electron chi connectivity index (χ3n) is 12.6. The Morgan fingerprint density at radius 2 is 1.03 bits per heavy atom. The van der Waals surface area contributed by atoms with Crippen molar-refractivity contribution in [3.63, 3.8) is 0 Å². The highest BCUT2D eigenvalue weighted by atomic mass is 32.1. The number of thiazole rings is 2. The average molecular weight is 1120 g/mol. The number of nitrogens with zero attached hydrogens (tertiary/aromatic N) is 8. The molecule has 0 bridgehead atoms. The quantitative estimate of drug-likeness (QED) is 0.0589. The first-order valence-corrected chi connectivity index (χ1v) is 32.0. The third kappa shape index (κ3) is 33.6. The van der Waals surface area contributed by atoms with Crippen LogP contribution in [0.25, 0.3) is 0 Å². The summed E-state index contributed by atoms with van der Waals surface area (Å²) in [6, 6.07) is 4.72. The van der Waals surface area contributed by atoms with E-state index in [0.29, 0.717) is 35.6 Å². The number of hydrogen-bond donors (Lipinski definition) is 0. The van der Waals surface area contributed by atoms with Crippen molar-refractivity contribution in [2.75, 3.05) is 0 Å². The van der Waals surface area contributed by atoms with Gasteiger partial charge in [0.2, 0.25) is 0 Å². The molecular weight excluding hydrogens is 1000 g/mol. The smallest absolute Gasteiger partial charge is 0.196 e. The van der Waals surface area contributed by atoms with E-state index >= 15 is 0 Å². The standard InChI is InChI=1S/C13H24N2.C13H23NO.C13H23NS.C9H16N2.C9H15NO.C9H15NS/c1-11(2)5-6-13-8-10-15(14-13)9-7-12(3)4;2*1-10(2)5-7-12-9-14-13(15-12)8-6-11(3)4;1-7(2)9-5-6-11(10-9)8(3)4;2*1-6(2)8-5-10-9(11-8)7(3)4/h8,10-12H,5-7,9H2,1-4H3;2*9-11H,5-8H2,1-4H3;5-8H,1-4H3;2*5-7H,1-4H3. The van der Waals surface area contributed by atoms with Gasteiger partial charge in [-0.15, -0.1) is 22.7 Å². The van der Waals surface area contributed by atoms with Crippen molar-refractivity contribution in [1.82, 2.24) is 39.5 Å². The maximum Gasteiger partial charge on any atom is 0.196 e. The van der Waals surface area contributed by atoms with Crippen molar-refractivity contribution < 1.29 is 8.83 Å². The van der Waals surface area contributed by atoms with Crippen LogP contribution in [0, 0.1) is 35.5 Å². The van der Waals surface area contributed by atoms with Gasteiger partial charge in [-0.3, -0.25) is 9.36 Å². The molecule has 0 radical (unpaired) electrons. The second-order valence-corrected chi connectivity index (χ2v) is 27.9. The van der Waals surface area contributed by atoms with E-state index in [1.54, 1.807) is 0 Å². The van der Waals surface area contributed by atoms with Gasteiger partial charge in [0.1, 0.15) is 11.5 Å². The number of rotatable bonds is 24. The summed E-state index contributed by atoms with van der Waals surface area (Å²) in [5, 5.41) is 11.6. The van der Waals surface area contributed by atoms with Crippen LogP contribution in [-0.2, 0) is 38.6 Å². The first-order chi connectivity index (χ1) is 36.6. The summed E-state index contributed by atoms with van der Waals surface area (Å²) in [7, 11) is 0. The van der Waals surface area contributed by atoms with E-state index in [2.05, 4.69) is 226 Å². The van der Waals surface area contributed by atoms with E-state index in [1.807, 2.05) is 52.1 Å².